The van der Waals surface area contributed by atoms with Gasteiger partial charge in [-0.2, -0.15) is 5.10 Å². The average Bonchev–Trinajstić information content (AvgIpc) is 3.51. The van der Waals surface area contributed by atoms with Crippen LogP contribution in [0.1, 0.15) is 79.0 Å². The summed E-state index contributed by atoms with van der Waals surface area (Å²) in [5.74, 6) is 1.96. The smallest absolute Gasteiger partial charge is 0.158 e. The third kappa shape index (κ3) is 3.50. The van der Waals surface area contributed by atoms with Crippen molar-refractivity contribution in [2.75, 3.05) is 13.1 Å². The summed E-state index contributed by atoms with van der Waals surface area (Å²) < 4.78 is 1.90. The molecule has 3 atom stereocenters. The number of aromatic amines is 1. The maximum atomic E-state index is 11.8. The molecule has 3 aliphatic rings. The Bertz CT molecular complexity index is 1460. The lowest BCUT2D eigenvalue weighted by atomic mass is 9.70. The Labute approximate surface area is 210 Å². The van der Waals surface area contributed by atoms with Crippen LogP contribution >= 0.6 is 11.3 Å². The van der Waals surface area contributed by atoms with Gasteiger partial charge in [-0.15, -0.1) is 11.3 Å². The number of carbonyl (C=O) groups is 1. The molecule has 1 N–H and O–H groups in total. The summed E-state index contributed by atoms with van der Waals surface area (Å²) in [6.07, 6.45) is 7.47. The summed E-state index contributed by atoms with van der Waals surface area (Å²) in [6.45, 7) is 14.7. The summed E-state index contributed by atoms with van der Waals surface area (Å²) in [7, 11) is 0. The zero-order valence-electron chi connectivity index (χ0n) is 21.6. The number of hydrogen-bond acceptors (Lipinski definition) is 5. The number of rotatable bonds is 5. The van der Waals surface area contributed by atoms with Gasteiger partial charge in [-0.1, -0.05) is 13.8 Å². The van der Waals surface area contributed by atoms with Gasteiger partial charge < -0.3 is 4.98 Å². The molecule has 1 unspecified atom stereocenters. The summed E-state index contributed by atoms with van der Waals surface area (Å²) >= 11 is 1.97. The van der Waals surface area contributed by atoms with Crippen LogP contribution in [0.25, 0.3) is 27.1 Å². The highest BCUT2D eigenvalue weighted by molar-refractivity contribution is 7.19. The second-order valence-electron chi connectivity index (χ2n) is 11.1. The maximum Gasteiger partial charge on any atom is 0.158 e. The monoisotopic (exact) mass is 489 g/mol. The minimum Gasteiger partial charge on any atom is -0.346 e. The fourth-order valence-electron chi connectivity index (χ4n) is 6.86. The minimum atomic E-state index is 0.290. The van der Waals surface area contributed by atoms with E-state index in [0.29, 0.717) is 36.1 Å². The molecule has 2 bridgehead atoms. The van der Waals surface area contributed by atoms with Crippen LogP contribution in [0.2, 0.25) is 0 Å². The number of H-pyrrole nitrogens is 1. The standard InChI is InChI=1S/C28H35N5OS/c1-14(2)23-24-18(6)26(21-9-20-8-7-19(21)11-32(20)10-15(3)34)35-28(24)31-25(23)22-12-33-27(29-13-30-33)17(5)16(22)4/h12-14,19-21,31H,7-11H2,1-6H3/t19?,20-,21+/m1/s1. The molecule has 0 aromatic carbocycles. The van der Waals surface area contributed by atoms with Gasteiger partial charge in [0.2, 0.25) is 0 Å². The molecule has 6 nitrogen and oxygen atoms in total. The first-order valence-corrected chi connectivity index (χ1v) is 13.7. The molecule has 7 rings (SSSR count). The van der Waals surface area contributed by atoms with Crippen LogP contribution < -0.4 is 0 Å². The van der Waals surface area contributed by atoms with Crippen LogP contribution in [0.5, 0.6) is 0 Å². The number of piperidine rings is 2. The highest BCUT2D eigenvalue weighted by atomic mass is 32.1. The third-order valence-electron chi connectivity index (χ3n) is 8.65. The fraction of sp³-hybridized carbons (Fsp3) is 0.536. The Hall–Kier alpha value is -2.51. The largest absolute Gasteiger partial charge is 0.346 e. The van der Waals surface area contributed by atoms with E-state index >= 15 is 0 Å². The summed E-state index contributed by atoms with van der Waals surface area (Å²) in [6, 6.07) is 0.550. The molecule has 1 saturated carbocycles. The van der Waals surface area contributed by atoms with E-state index in [9.17, 15) is 4.79 Å². The quantitative estimate of drug-likeness (QED) is 0.365. The van der Waals surface area contributed by atoms with Crippen molar-refractivity contribution < 1.29 is 4.79 Å². The van der Waals surface area contributed by atoms with Crippen LogP contribution in [0.3, 0.4) is 0 Å². The highest BCUT2D eigenvalue weighted by Gasteiger charge is 2.42. The lowest BCUT2D eigenvalue weighted by Gasteiger charge is -2.49. The summed E-state index contributed by atoms with van der Waals surface area (Å²) in [5, 5.41) is 5.85. The van der Waals surface area contributed by atoms with E-state index in [1.165, 1.54) is 63.0 Å². The molecule has 7 heteroatoms. The second-order valence-corrected chi connectivity index (χ2v) is 12.2. The number of thiophene rings is 1. The molecule has 0 spiro atoms. The van der Waals surface area contributed by atoms with E-state index in [1.807, 2.05) is 15.9 Å². The molecule has 35 heavy (non-hydrogen) atoms. The Balaban J connectivity index is 1.44. The molecule has 3 fully saturated rings. The molecule has 2 saturated heterocycles. The first-order chi connectivity index (χ1) is 16.7. The van der Waals surface area contributed by atoms with E-state index in [-0.39, 0.29) is 0 Å². The first-order valence-electron chi connectivity index (χ1n) is 12.9. The number of Topliss-reactive ketones (excluding diaryl/α,β-unsaturated/α-hetero) is 1. The van der Waals surface area contributed by atoms with Crippen molar-refractivity contribution >= 4 is 33.0 Å². The van der Waals surface area contributed by atoms with E-state index in [1.54, 1.807) is 18.1 Å². The topological polar surface area (TPSA) is 66.3 Å². The predicted molar refractivity (Wildman–Crippen MR) is 143 cm³/mol. The molecule has 0 radical (unpaired) electrons. The normalized spacial score (nSPS) is 22.8. The molecule has 184 valence electrons. The van der Waals surface area contributed by atoms with Crippen molar-refractivity contribution in [2.24, 2.45) is 5.92 Å². The number of ketones is 1. The van der Waals surface area contributed by atoms with E-state index in [4.69, 9.17) is 0 Å². The van der Waals surface area contributed by atoms with Crippen molar-refractivity contribution in [3.05, 3.63) is 39.7 Å². The average molecular weight is 490 g/mol. The number of pyridine rings is 1. The van der Waals surface area contributed by atoms with Crippen molar-refractivity contribution in [1.82, 2.24) is 24.5 Å². The Morgan fingerprint density at radius 2 is 2.00 bits per heavy atom. The van der Waals surface area contributed by atoms with Gasteiger partial charge in [-0.3, -0.25) is 9.69 Å². The van der Waals surface area contributed by atoms with E-state index < -0.39 is 0 Å². The van der Waals surface area contributed by atoms with Gasteiger partial charge >= 0.3 is 0 Å². The van der Waals surface area contributed by atoms with Gasteiger partial charge in [0.25, 0.3) is 0 Å². The van der Waals surface area contributed by atoms with E-state index in [0.717, 1.165) is 12.2 Å². The molecule has 2 aliphatic heterocycles. The highest BCUT2D eigenvalue weighted by Crippen LogP contribution is 2.51. The van der Waals surface area contributed by atoms with Gasteiger partial charge in [0.05, 0.1) is 12.2 Å². The van der Waals surface area contributed by atoms with Gasteiger partial charge in [-0.25, -0.2) is 9.50 Å². The molecule has 6 heterocycles. The third-order valence-corrected chi connectivity index (χ3v) is 9.99. The number of nitrogens with zero attached hydrogens (tertiary/aromatic N) is 4. The minimum absolute atomic E-state index is 0.290. The van der Waals surface area contributed by atoms with Crippen LogP contribution in [-0.4, -0.2) is 49.4 Å². The lowest BCUT2D eigenvalue weighted by molar-refractivity contribution is -0.120. The number of nitrogens with one attached hydrogen (secondary N) is 1. The lowest BCUT2D eigenvalue weighted by Crippen LogP contribution is -2.52. The van der Waals surface area contributed by atoms with E-state index in [2.05, 4.69) is 60.8 Å². The van der Waals surface area contributed by atoms with Crippen LogP contribution in [0.4, 0.5) is 0 Å². The van der Waals surface area contributed by atoms with Gasteiger partial charge in [0.1, 0.15) is 16.9 Å². The van der Waals surface area contributed by atoms with Gasteiger partial charge in [0.15, 0.2) is 5.65 Å². The SMILES string of the molecule is CC(=O)CN1CC2CC[C@@H]1C[C@@H]2c1sc2[nH]c(-c3cn4ncnc4c(C)c3C)c(C(C)C)c2c1C. The molecular formula is C28H35N5OS. The van der Waals surface area contributed by atoms with Crippen molar-refractivity contribution in [3.63, 3.8) is 0 Å². The Morgan fingerprint density at radius 1 is 1.20 bits per heavy atom. The number of fused-ring (bicyclic) bond motifs is 5. The fourth-order valence-corrected chi connectivity index (χ4v) is 8.29. The van der Waals surface area contributed by atoms with Crippen LogP contribution in [0, 0.1) is 26.7 Å². The molecular weight excluding hydrogens is 454 g/mol. The number of aryl methyl sites for hydroxylation is 2. The molecule has 1 aliphatic carbocycles. The van der Waals surface area contributed by atoms with Crippen molar-refractivity contribution in [2.45, 2.75) is 78.7 Å². The van der Waals surface area contributed by atoms with Crippen molar-refractivity contribution in [3.8, 4) is 11.3 Å². The van der Waals surface area contributed by atoms with Crippen molar-refractivity contribution in [1.29, 1.82) is 0 Å². The Kier molecular flexibility index (Phi) is 5.42. The molecule has 4 aromatic heterocycles. The summed E-state index contributed by atoms with van der Waals surface area (Å²) in [5.41, 5.74) is 8.68. The Morgan fingerprint density at radius 3 is 2.69 bits per heavy atom. The van der Waals surface area contributed by atoms with Gasteiger partial charge in [0, 0.05) is 34.6 Å². The maximum absolute atomic E-state index is 11.8. The zero-order chi connectivity index (χ0) is 24.6. The number of hydrogen-bond donors (Lipinski definition) is 1. The second kappa shape index (κ2) is 8.27. The van der Waals surface area contributed by atoms with Gasteiger partial charge in [-0.05, 0) is 87.0 Å². The molecule has 4 aromatic rings. The first kappa shape index (κ1) is 22.9. The number of carbonyl (C=O) groups excluding carboxylic acids is 1. The number of aromatic nitrogens is 4. The molecule has 0 amide bonds. The zero-order valence-corrected chi connectivity index (χ0v) is 22.4. The predicted octanol–water partition coefficient (Wildman–Crippen LogP) is 6.14. The van der Waals surface area contributed by atoms with Crippen LogP contribution in [0.15, 0.2) is 12.5 Å². The summed E-state index contributed by atoms with van der Waals surface area (Å²) in [4.78, 5) is 25.4. The van der Waals surface area contributed by atoms with Crippen LogP contribution in [-0.2, 0) is 4.79 Å².